The number of carbonyl (C=O) groups excluding carboxylic acids is 1. The minimum Gasteiger partial charge on any atom is -0.309 e. The Labute approximate surface area is 222 Å². The van der Waals surface area contributed by atoms with Gasteiger partial charge in [-0.2, -0.15) is 15.0 Å². The number of aromatic nitrogens is 3. The van der Waals surface area contributed by atoms with E-state index in [0.29, 0.717) is 17.9 Å². The first-order valence-corrected chi connectivity index (χ1v) is 12.3. The average Bonchev–Trinajstić information content (AvgIpc) is 3.45. The van der Waals surface area contributed by atoms with Crippen molar-refractivity contribution in [2.75, 3.05) is 11.9 Å². The lowest BCUT2D eigenvalue weighted by Crippen LogP contribution is -2.35. The summed E-state index contributed by atoms with van der Waals surface area (Å²) in [4.78, 5) is 21.4. The lowest BCUT2D eigenvalue weighted by atomic mass is 9.98. The molecule has 0 saturated heterocycles. The summed E-state index contributed by atoms with van der Waals surface area (Å²) in [6.07, 6.45) is 5.20. The van der Waals surface area contributed by atoms with E-state index in [-0.39, 0.29) is 11.8 Å². The Morgan fingerprint density at radius 3 is 2.42 bits per heavy atom. The molecule has 8 nitrogen and oxygen atoms in total. The maximum absolute atomic E-state index is 13.4. The second-order valence-electron chi connectivity index (χ2n) is 9.59. The number of pyridine rings is 1. The molecule has 1 amide bonds. The van der Waals surface area contributed by atoms with Gasteiger partial charge in [0.05, 0.1) is 17.8 Å². The fourth-order valence-corrected chi connectivity index (χ4v) is 3.97. The fraction of sp³-hybridized carbons (Fsp3) is 0.233. The van der Waals surface area contributed by atoms with Crippen LogP contribution in [0.5, 0.6) is 0 Å². The molecule has 2 heterocycles. The van der Waals surface area contributed by atoms with Crippen molar-refractivity contribution >= 4 is 11.7 Å². The highest BCUT2D eigenvalue weighted by molar-refractivity contribution is 5.95. The number of nitrogens with one attached hydrogen (secondary N) is 2. The van der Waals surface area contributed by atoms with E-state index in [1.165, 1.54) is 0 Å². The summed E-state index contributed by atoms with van der Waals surface area (Å²) in [6, 6.07) is 22.2. The van der Waals surface area contributed by atoms with Crippen molar-refractivity contribution in [1.82, 2.24) is 20.1 Å². The van der Waals surface area contributed by atoms with Crippen LogP contribution >= 0.6 is 0 Å². The van der Waals surface area contributed by atoms with Gasteiger partial charge in [0.15, 0.2) is 0 Å². The summed E-state index contributed by atoms with van der Waals surface area (Å²) in [5, 5.41) is 19.7. The van der Waals surface area contributed by atoms with E-state index in [0.717, 1.165) is 22.3 Å². The first-order valence-electron chi connectivity index (χ1n) is 12.3. The van der Waals surface area contributed by atoms with Gasteiger partial charge in [-0.05, 0) is 41.3 Å². The van der Waals surface area contributed by atoms with Crippen LogP contribution in [0.4, 0.5) is 5.82 Å². The van der Waals surface area contributed by atoms with Crippen LogP contribution in [0.25, 0.3) is 16.0 Å². The molecule has 0 fully saturated rings. The van der Waals surface area contributed by atoms with Crippen LogP contribution in [0, 0.1) is 17.9 Å². The van der Waals surface area contributed by atoms with Crippen molar-refractivity contribution in [2.45, 2.75) is 38.4 Å². The molecule has 0 bridgehead atoms. The van der Waals surface area contributed by atoms with E-state index >= 15 is 0 Å². The summed E-state index contributed by atoms with van der Waals surface area (Å²) < 4.78 is 1.63. The molecule has 2 unspecified atom stereocenters. The number of amides is 1. The van der Waals surface area contributed by atoms with Gasteiger partial charge in [0, 0.05) is 43.9 Å². The number of benzene rings is 2. The highest BCUT2D eigenvalue weighted by atomic mass is 16.2. The summed E-state index contributed by atoms with van der Waals surface area (Å²) in [7, 11) is 0. The van der Waals surface area contributed by atoms with Crippen LogP contribution in [-0.4, -0.2) is 27.2 Å². The molecule has 8 heteroatoms. The van der Waals surface area contributed by atoms with Crippen LogP contribution in [0.1, 0.15) is 49.4 Å². The molecule has 0 radical (unpaired) electrons. The van der Waals surface area contributed by atoms with Crippen molar-refractivity contribution < 1.29 is 4.79 Å². The van der Waals surface area contributed by atoms with Crippen LogP contribution < -0.4 is 10.6 Å². The third-order valence-corrected chi connectivity index (χ3v) is 6.40. The largest absolute Gasteiger partial charge is 0.319 e. The molecule has 0 saturated carbocycles. The fourth-order valence-electron chi connectivity index (χ4n) is 3.97. The standard InChI is InChI=1S/C30H29N7O/c1-21(23-12-10-22(16-31)11-13-23)17-34-28(24-8-6-5-7-9-24)29(38)36-27-15-14-25(18-33-27)26-19-35-37(20-26)30(2,3)32-4/h5-15,18-21,28,34H,17H2,1-3H3,(H,33,36,38). The smallest absolute Gasteiger partial charge is 0.309 e. The van der Waals surface area contributed by atoms with Crippen molar-refractivity contribution in [2.24, 2.45) is 0 Å². The molecular weight excluding hydrogens is 474 g/mol. The van der Waals surface area contributed by atoms with Gasteiger partial charge in [-0.1, -0.05) is 49.4 Å². The van der Waals surface area contributed by atoms with E-state index < -0.39 is 11.7 Å². The second kappa shape index (κ2) is 11.5. The van der Waals surface area contributed by atoms with E-state index in [9.17, 15) is 4.79 Å². The van der Waals surface area contributed by atoms with Gasteiger partial charge in [0.25, 0.3) is 0 Å². The van der Waals surface area contributed by atoms with Crippen LogP contribution in [0.3, 0.4) is 0 Å². The molecule has 38 heavy (non-hydrogen) atoms. The Morgan fingerprint density at radius 1 is 1.05 bits per heavy atom. The molecule has 0 aliphatic heterocycles. The maximum Gasteiger partial charge on any atom is 0.319 e. The van der Waals surface area contributed by atoms with Gasteiger partial charge >= 0.3 is 5.66 Å². The lowest BCUT2D eigenvalue weighted by molar-refractivity contribution is -0.118. The van der Waals surface area contributed by atoms with Crippen molar-refractivity contribution in [1.29, 1.82) is 5.26 Å². The molecule has 4 rings (SSSR count). The molecule has 2 aromatic heterocycles. The summed E-state index contributed by atoms with van der Waals surface area (Å²) >= 11 is 0. The highest BCUT2D eigenvalue weighted by Gasteiger charge is 2.26. The zero-order valence-corrected chi connectivity index (χ0v) is 21.6. The molecule has 4 aromatic rings. The van der Waals surface area contributed by atoms with E-state index in [1.807, 2.05) is 54.7 Å². The number of anilines is 1. The third kappa shape index (κ3) is 6.12. The summed E-state index contributed by atoms with van der Waals surface area (Å²) in [6.45, 7) is 13.6. The number of hydrogen-bond acceptors (Lipinski definition) is 5. The Balaban J connectivity index is 1.46. The van der Waals surface area contributed by atoms with E-state index in [4.69, 9.17) is 11.8 Å². The predicted molar refractivity (Wildman–Crippen MR) is 147 cm³/mol. The summed E-state index contributed by atoms with van der Waals surface area (Å²) in [5.41, 5.74) is 3.47. The predicted octanol–water partition coefficient (Wildman–Crippen LogP) is 5.50. The Kier molecular flexibility index (Phi) is 7.96. The van der Waals surface area contributed by atoms with Gasteiger partial charge in [0.1, 0.15) is 11.9 Å². The topological polar surface area (TPSA) is 100.0 Å². The van der Waals surface area contributed by atoms with Gasteiger partial charge < -0.3 is 10.6 Å². The van der Waals surface area contributed by atoms with Crippen molar-refractivity contribution in [3.8, 4) is 17.2 Å². The van der Waals surface area contributed by atoms with Crippen molar-refractivity contribution in [3.05, 3.63) is 113 Å². The number of nitrogens with zero attached hydrogens (tertiary/aromatic N) is 5. The Morgan fingerprint density at radius 2 is 1.79 bits per heavy atom. The minimum absolute atomic E-state index is 0.132. The molecule has 0 aliphatic carbocycles. The van der Waals surface area contributed by atoms with Crippen LogP contribution in [-0.2, 0) is 10.5 Å². The average molecular weight is 504 g/mol. The third-order valence-electron chi connectivity index (χ3n) is 6.40. The number of rotatable bonds is 9. The molecule has 190 valence electrons. The second-order valence-corrected chi connectivity index (χ2v) is 9.59. The maximum atomic E-state index is 13.4. The Hall–Kier alpha value is -4.79. The molecule has 2 N–H and O–H groups in total. The highest BCUT2D eigenvalue weighted by Crippen LogP contribution is 2.24. The normalized spacial score (nSPS) is 12.7. The first kappa shape index (κ1) is 26.3. The minimum atomic E-state index is -0.767. The molecule has 0 aliphatic rings. The van der Waals surface area contributed by atoms with E-state index in [1.54, 1.807) is 49.1 Å². The number of nitriles is 1. The Bertz CT molecular complexity index is 1460. The molecule has 2 aromatic carbocycles. The summed E-state index contributed by atoms with van der Waals surface area (Å²) in [5.74, 6) is 0.360. The van der Waals surface area contributed by atoms with Gasteiger partial charge in [-0.15, -0.1) is 0 Å². The monoisotopic (exact) mass is 503 g/mol. The number of carbonyl (C=O) groups is 1. The van der Waals surface area contributed by atoms with Gasteiger partial charge in [-0.25, -0.2) is 11.6 Å². The van der Waals surface area contributed by atoms with Crippen LogP contribution in [0.15, 0.2) is 85.3 Å². The zero-order chi connectivity index (χ0) is 27.1. The van der Waals surface area contributed by atoms with Crippen molar-refractivity contribution in [3.63, 3.8) is 0 Å². The van der Waals surface area contributed by atoms with Gasteiger partial charge in [-0.3, -0.25) is 9.64 Å². The number of hydrogen-bond donors (Lipinski definition) is 2. The van der Waals surface area contributed by atoms with E-state index in [2.05, 4.69) is 38.6 Å². The molecule has 0 spiro atoms. The zero-order valence-electron chi connectivity index (χ0n) is 21.6. The SMILES string of the molecule is [C-]#[N+]C(C)(C)n1cc(-c2ccc(NC(=O)C(NCC(C)c3ccc(C#N)cc3)c3ccccc3)nc2)cn1. The molecular formula is C30H29N7O. The van der Waals surface area contributed by atoms with Crippen LogP contribution in [0.2, 0.25) is 0 Å². The van der Waals surface area contributed by atoms with Gasteiger partial charge in [0.2, 0.25) is 5.91 Å². The first-order chi connectivity index (χ1) is 18.3. The lowest BCUT2D eigenvalue weighted by Gasteiger charge is -2.21. The molecule has 2 atom stereocenters. The quantitative estimate of drug-likeness (QED) is 0.294.